The molecule has 4 nitrogen and oxygen atoms in total. The summed E-state index contributed by atoms with van der Waals surface area (Å²) in [5.41, 5.74) is 0. The number of aliphatic imine (C=N–C) groups is 1. The first-order chi connectivity index (χ1) is 7.33. The van der Waals surface area contributed by atoms with E-state index in [4.69, 9.17) is 4.74 Å². The molecule has 1 radical (unpaired) electrons. The second kappa shape index (κ2) is 3.51. The van der Waals surface area contributed by atoms with Crippen LogP contribution in [-0.4, -0.2) is 36.5 Å². The normalized spacial score (nSPS) is 35.1. The topological polar surface area (TPSA) is 41.9 Å². The van der Waals surface area contributed by atoms with Crippen molar-refractivity contribution in [2.45, 2.75) is 19.3 Å². The Bertz CT molecular complexity index is 300. The summed E-state index contributed by atoms with van der Waals surface area (Å²) < 4.78 is 5.27. The van der Waals surface area contributed by atoms with Crippen molar-refractivity contribution in [1.29, 1.82) is 0 Å². The van der Waals surface area contributed by atoms with Gasteiger partial charge >= 0.3 is 0 Å². The molecule has 1 saturated carbocycles. The van der Waals surface area contributed by atoms with Crippen LogP contribution in [0.25, 0.3) is 0 Å². The lowest BCUT2D eigenvalue weighted by Gasteiger charge is -2.22. The Morgan fingerprint density at radius 2 is 2.27 bits per heavy atom. The third kappa shape index (κ3) is 1.62. The van der Waals surface area contributed by atoms with Crippen LogP contribution in [0, 0.1) is 18.3 Å². The monoisotopic (exact) mass is 207 g/mol. The van der Waals surface area contributed by atoms with Crippen molar-refractivity contribution in [1.82, 2.24) is 4.90 Å². The van der Waals surface area contributed by atoms with E-state index in [-0.39, 0.29) is 12.5 Å². The van der Waals surface area contributed by atoms with Gasteiger partial charge in [-0.25, -0.2) is 0 Å². The molecule has 2 atom stereocenters. The third-order valence-electron chi connectivity index (χ3n) is 3.60. The minimum Gasteiger partial charge on any atom is -0.455 e. The first-order valence-corrected chi connectivity index (χ1v) is 5.64. The van der Waals surface area contributed by atoms with Gasteiger partial charge in [0.05, 0.1) is 0 Å². The molecule has 0 aromatic carbocycles. The molecule has 15 heavy (non-hydrogen) atoms. The number of carbonyl (C=O) groups excluding carboxylic acids is 1. The van der Waals surface area contributed by atoms with E-state index >= 15 is 0 Å². The number of hydrogen-bond acceptors (Lipinski definition) is 3. The van der Waals surface area contributed by atoms with E-state index < -0.39 is 0 Å². The van der Waals surface area contributed by atoms with E-state index in [1.54, 1.807) is 0 Å². The summed E-state index contributed by atoms with van der Waals surface area (Å²) >= 11 is 0. The van der Waals surface area contributed by atoms with Crippen molar-refractivity contribution < 1.29 is 9.53 Å². The minimum absolute atomic E-state index is 0.132. The lowest BCUT2D eigenvalue weighted by molar-refractivity contribution is -0.118. The summed E-state index contributed by atoms with van der Waals surface area (Å²) in [7, 11) is 0. The van der Waals surface area contributed by atoms with Crippen LogP contribution in [0.3, 0.4) is 0 Å². The van der Waals surface area contributed by atoms with Gasteiger partial charge in [-0.2, -0.15) is 4.99 Å². The zero-order valence-electron chi connectivity index (χ0n) is 8.69. The highest BCUT2D eigenvalue weighted by atomic mass is 16.5. The summed E-state index contributed by atoms with van der Waals surface area (Å²) in [4.78, 5) is 17.0. The molecule has 2 aliphatic heterocycles. The number of amidine groups is 1. The molecule has 1 amide bonds. The van der Waals surface area contributed by atoms with Crippen molar-refractivity contribution in [2.75, 3.05) is 19.7 Å². The minimum atomic E-state index is -0.147. The highest BCUT2D eigenvalue weighted by Crippen LogP contribution is 2.35. The van der Waals surface area contributed by atoms with Gasteiger partial charge in [-0.15, -0.1) is 0 Å². The Morgan fingerprint density at radius 3 is 3.00 bits per heavy atom. The van der Waals surface area contributed by atoms with Crippen LogP contribution in [0.5, 0.6) is 0 Å². The predicted octanol–water partition coefficient (Wildman–Crippen LogP) is 0.835. The Morgan fingerprint density at radius 1 is 1.40 bits per heavy atom. The summed E-state index contributed by atoms with van der Waals surface area (Å²) in [5, 5.41) is 0. The molecule has 0 spiro atoms. The molecule has 3 aliphatic rings. The molecule has 1 aliphatic carbocycles. The number of carbonyl (C=O) groups is 1. The molecule has 2 fully saturated rings. The fraction of sp³-hybridized carbons (Fsp3) is 0.727. The first kappa shape index (κ1) is 9.19. The van der Waals surface area contributed by atoms with Crippen molar-refractivity contribution >= 4 is 11.9 Å². The van der Waals surface area contributed by atoms with Gasteiger partial charge in [0.1, 0.15) is 0 Å². The average Bonchev–Trinajstić information content (AvgIpc) is 2.82. The summed E-state index contributed by atoms with van der Waals surface area (Å²) in [5.74, 6) is 1.38. The van der Waals surface area contributed by atoms with E-state index in [2.05, 4.69) is 16.3 Å². The zero-order chi connectivity index (χ0) is 10.3. The standard InChI is InChI=1S/C11H15N2O2/c14-10-7-15-11(12-10)13-5-8-3-1-2-4-9(8)6-13/h1,8-9H,2-7H2. The zero-order valence-corrected chi connectivity index (χ0v) is 8.69. The van der Waals surface area contributed by atoms with E-state index in [9.17, 15) is 4.79 Å². The number of rotatable bonds is 0. The number of likely N-dealkylation sites (tertiary alicyclic amines) is 1. The van der Waals surface area contributed by atoms with Crippen molar-refractivity contribution in [2.24, 2.45) is 16.8 Å². The van der Waals surface area contributed by atoms with Crippen LogP contribution >= 0.6 is 0 Å². The predicted molar refractivity (Wildman–Crippen MR) is 55.1 cm³/mol. The second-order valence-electron chi connectivity index (χ2n) is 4.60. The van der Waals surface area contributed by atoms with E-state index in [1.807, 2.05) is 0 Å². The Labute approximate surface area is 89.3 Å². The van der Waals surface area contributed by atoms with Gasteiger partial charge in [0.15, 0.2) is 6.61 Å². The quantitative estimate of drug-likeness (QED) is 0.591. The molecule has 0 aromatic rings. The lowest BCUT2D eigenvalue weighted by Crippen LogP contribution is -2.29. The van der Waals surface area contributed by atoms with Gasteiger partial charge in [-0.3, -0.25) is 4.79 Å². The lowest BCUT2D eigenvalue weighted by atomic mass is 9.82. The number of fused-ring (bicyclic) bond motifs is 1. The highest BCUT2D eigenvalue weighted by molar-refractivity contribution is 5.96. The molecule has 0 bridgehead atoms. The van der Waals surface area contributed by atoms with Gasteiger partial charge < -0.3 is 9.64 Å². The second-order valence-corrected chi connectivity index (χ2v) is 4.60. The molecular formula is C11H15N2O2. The maximum Gasteiger partial charge on any atom is 0.295 e. The molecule has 3 rings (SSSR count). The number of ether oxygens (including phenoxy) is 1. The maximum atomic E-state index is 11.0. The summed E-state index contributed by atoms with van der Waals surface area (Å²) in [6.45, 7) is 2.16. The average molecular weight is 207 g/mol. The van der Waals surface area contributed by atoms with E-state index in [0.29, 0.717) is 6.02 Å². The van der Waals surface area contributed by atoms with Gasteiger partial charge in [-0.1, -0.05) is 0 Å². The smallest absolute Gasteiger partial charge is 0.295 e. The van der Waals surface area contributed by atoms with Gasteiger partial charge in [0.2, 0.25) is 0 Å². The highest BCUT2D eigenvalue weighted by Gasteiger charge is 2.37. The Hall–Kier alpha value is -1.06. The van der Waals surface area contributed by atoms with Crippen molar-refractivity contribution in [3.05, 3.63) is 6.42 Å². The number of amides is 1. The van der Waals surface area contributed by atoms with Crippen LogP contribution < -0.4 is 0 Å². The van der Waals surface area contributed by atoms with Crippen LogP contribution in [0.2, 0.25) is 0 Å². The summed E-state index contributed by atoms with van der Waals surface area (Å²) in [6.07, 6.45) is 6.11. The molecule has 4 heteroatoms. The van der Waals surface area contributed by atoms with Gasteiger partial charge in [0.25, 0.3) is 11.9 Å². The van der Waals surface area contributed by atoms with E-state index in [1.165, 1.54) is 19.3 Å². The van der Waals surface area contributed by atoms with E-state index in [0.717, 1.165) is 24.9 Å². The molecule has 2 heterocycles. The number of nitrogens with zero attached hydrogens (tertiary/aromatic N) is 2. The largest absolute Gasteiger partial charge is 0.455 e. The molecule has 0 N–H and O–H groups in total. The fourth-order valence-electron chi connectivity index (χ4n) is 2.81. The number of hydrogen-bond donors (Lipinski definition) is 0. The third-order valence-corrected chi connectivity index (χ3v) is 3.60. The Kier molecular flexibility index (Phi) is 2.15. The molecule has 81 valence electrons. The molecular weight excluding hydrogens is 192 g/mol. The van der Waals surface area contributed by atoms with Crippen molar-refractivity contribution in [3.63, 3.8) is 0 Å². The fourth-order valence-corrected chi connectivity index (χ4v) is 2.81. The van der Waals surface area contributed by atoms with Crippen LogP contribution in [0.1, 0.15) is 19.3 Å². The molecule has 1 saturated heterocycles. The molecule has 2 unspecified atom stereocenters. The van der Waals surface area contributed by atoms with Crippen LogP contribution in [0.4, 0.5) is 0 Å². The van der Waals surface area contributed by atoms with Crippen LogP contribution in [-0.2, 0) is 9.53 Å². The Balaban J connectivity index is 1.70. The summed E-state index contributed by atoms with van der Waals surface area (Å²) in [6, 6.07) is 0.564. The van der Waals surface area contributed by atoms with Crippen molar-refractivity contribution in [3.8, 4) is 0 Å². The molecule has 0 aromatic heterocycles. The maximum absolute atomic E-state index is 11.0. The first-order valence-electron chi connectivity index (χ1n) is 5.64. The van der Waals surface area contributed by atoms with Gasteiger partial charge in [0, 0.05) is 13.1 Å². The SMILES string of the molecule is O=C1COC(N2CC3C[CH]CCC3C2)=N1. The van der Waals surface area contributed by atoms with Gasteiger partial charge in [-0.05, 0) is 37.5 Å². The van der Waals surface area contributed by atoms with Crippen LogP contribution in [0.15, 0.2) is 4.99 Å².